The average molecular weight is 547 g/mol. The van der Waals surface area contributed by atoms with Crippen LogP contribution in [-0.4, -0.2) is 66.5 Å². The van der Waals surface area contributed by atoms with Crippen LogP contribution in [0.15, 0.2) is 49.3 Å². The van der Waals surface area contributed by atoms with Gasteiger partial charge >= 0.3 is 0 Å². The topological polar surface area (TPSA) is 111 Å². The Morgan fingerprint density at radius 1 is 1.36 bits per heavy atom. The minimum atomic E-state index is -0.855. The fourth-order valence-corrected chi connectivity index (χ4v) is 4.89. The molecule has 0 aliphatic carbocycles. The quantitative estimate of drug-likeness (QED) is 0.253. The molecular weight excluding hydrogens is 516 g/mol. The Hall–Kier alpha value is -4.26. The second-order valence-corrected chi connectivity index (χ2v) is 10.0. The predicted molar refractivity (Wildman–Crippen MR) is 154 cm³/mol. The summed E-state index contributed by atoms with van der Waals surface area (Å²) in [4.78, 5) is 34.8. The first-order valence-electron chi connectivity index (χ1n) is 12.3. The van der Waals surface area contributed by atoms with Crippen LogP contribution in [-0.2, 0) is 11.2 Å². The number of pyridine rings is 1. The number of ether oxygens (including phenoxy) is 1. The van der Waals surface area contributed by atoms with E-state index >= 15 is 0 Å². The molecule has 2 amide bonds. The fraction of sp³-hybridized carbons (Fsp3) is 0.276. The number of aromatic amines is 1. The molecule has 3 heterocycles. The van der Waals surface area contributed by atoms with Gasteiger partial charge in [-0.2, -0.15) is 0 Å². The van der Waals surface area contributed by atoms with Gasteiger partial charge in [0.15, 0.2) is 5.75 Å². The van der Waals surface area contributed by atoms with Gasteiger partial charge < -0.3 is 30.6 Å². The molecule has 0 bridgehead atoms. The molecule has 1 atom stereocenters. The van der Waals surface area contributed by atoms with Crippen molar-refractivity contribution in [2.24, 2.45) is 0 Å². The summed E-state index contributed by atoms with van der Waals surface area (Å²) in [5.41, 5.74) is 3.70. The number of hydrogen-bond acceptors (Lipinski definition) is 6. The molecule has 0 radical (unpaired) electrons. The predicted octanol–water partition coefficient (Wildman–Crippen LogP) is 3.74. The summed E-state index contributed by atoms with van der Waals surface area (Å²) in [6, 6.07) is 7.21. The van der Waals surface area contributed by atoms with E-state index in [4.69, 9.17) is 16.3 Å². The highest BCUT2D eigenvalue weighted by molar-refractivity contribution is 6.32. The van der Waals surface area contributed by atoms with E-state index in [0.29, 0.717) is 58.5 Å². The summed E-state index contributed by atoms with van der Waals surface area (Å²) in [6.07, 6.45) is 5.20. The Balaban J connectivity index is 1.86. The van der Waals surface area contributed by atoms with Crippen molar-refractivity contribution in [3.8, 4) is 28.8 Å². The number of nitrogens with zero attached hydrogens (tertiary/aromatic N) is 2. The summed E-state index contributed by atoms with van der Waals surface area (Å²) in [6.45, 7) is 6.41. The number of likely N-dealkylation sites (N-methyl/N-ethyl adjacent to an activating group) is 1. The summed E-state index contributed by atoms with van der Waals surface area (Å²) in [7, 11) is 5.36. The van der Waals surface area contributed by atoms with Crippen LogP contribution in [0.1, 0.15) is 28.5 Å². The maximum atomic E-state index is 13.0. The van der Waals surface area contributed by atoms with Gasteiger partial charge in [0, 0.05) is 43.2 Å². The molecule has 1 aliphatic heterocycles. The monoisotopic (exact) mass is 546 g/mol. The normalized spacial score (nSPS) is 13.8. The number of fused-ring (bicyclic) bond motifs is 1. The molecule has 2 aromatic heterocycles. The first-order valence-corrected chi connectivity index (χ1v) is 12.7. The number of halogens is 1. The highest BCUT2D eigenvalue weighted by Gasteiger charge is 2.29. The lowest BCUT2D eigenvalue weighted by atomic mass is 9.99. The summed E-state index contributed by atoms with van der Waals surface area (Å²) in [5.74, 6) is 6.40. The molecule has 0 saturated heterocycles. The van der Waals surface area contributed by atoms with Crippen LogP contribution in [0.5, 0.6) is 5.75 Å². The zero-order valence-electron chi connectivity index (χ0n) is 22.4. The third-order valence-corrected chi connectivity index (χ3v) is 6.47. The average Bonchev–Trinajstić information content (AvgIpc) is 3.26. The minimum Gasteiger partial charge on any atom is -0.493 e. The van der Waals surface area contributed by atoms with Crippen LogP contribution in [0.2, 0.25) is 5.02 Å². The Bertz CT molecular complexity index is 1490. The van der Waals surface area contributed by atoms with Gasteiger partial charge in [-0.3, -0.25) is 14.6 Å². The molecule has 0 fully saturated rings. The second kappa shape index (κ2) is 11.6. The Morgan fingerprint density at radius 3 is 2.87 bits per heavy atom. The van der Waals surface area contributed by atoms with Gasteiger partial charge in [0.05, 0.1) is 40.3 Å². The molecule has 4 N–H and O–H groups in total. The van der Waals surface area contributed by atoms with Crippen LogP contribution in [0.3, 0.4) is 0 Å². The van der Waals surface area contributed by atoms with Crippen molar-refractivity contribution in [3.63, 3.8) is 0 Å². The van der Waals surface area contributed by atoms with Crippen LogP contribution < -0.4 is 20.7 Å². The van der Waals surface area contributed by atoms with Crippen molar-refractivity contribution in [1.29, 1.82) is 0 Å². The summed E-state index contributed by atoms with van der Waals surface area (Å²) >= 11 is 6.37. The standard InChI is InChI=1S/C29H31ClN6O3/c1-6-23(37)35-29(2,17-36(3)4)13-10-18-16-31-14-11-19(18)25-26(24-21(33-25)12-15-32-28(24)38)34-22-9-7-8-20(30)27(22)39-5/h6-9,11,14,16,33-34H,1,12,15,17H2,2-5H3,(H,32,38)(H,35,37)/t29-/m0/s1. The molecule has 1 aromatic carbocycles. The number of carbonyl (C=O) groups is 2. The van der Waals surface area contributed by atoms with E-state index in [2.05, 4.69) is 44.3 Å². The highest BCUT2D eigenvalue weighted by atomic mass is 35.5. The number of rotatable bonds is 8. The molecule has 4 rings (SSSR count). The third-order valence-electron chi connectivity index (χ3n) is 6.18. The molecule has 0 spiro atoms. The lowest BCUT2D eigenvalue weighted by Gasteiger charge is -2.28. The largest absolute Gasteiger partial charge is 0.493 e. The Labute approximate surface area is 233 Å². The lowest BCUT2D eigenvalue weighted by molar-refractivity contribution is -0.117. The number of anilines is 2. The Morgan fingerprint density at radius 2 is 2.15 bits per heavy atom. The van der Waals surface area contributed by atoms with E-state index in [-0.39, 0.29) is 11.8 Å². The highest BCUT2D eigenvalue weighted by Crippen LogP contribution is 2.41. The number of H-pyrrole nitrogens is 1. The fourth-order valence-electron chi connectivity index (χ4n) is 4.64. The van der Waals surface area contributed by atoms with Crippen molar-refractivity contribution in [1.82, 2.24) is 25.5 Å². The molecular formula is C29H31ClN6O3. The molecule has 9 nitrogen and oxygen atoms in total. The smallest absolute Gasteiger partial charge is 0.255 e. The number of aromatic nitrogens is 2. The molecule has 1 aliphatic rings. The number of hydrogen-bond donors (Lipinski definition) is 4. The van der Waals surface area contributed by atoms with E-state index < -0.39 is 5.54 Å². The van der Waals surface area contributed by atoms with E-state index in [1.165, 1.54) is 6.08 Å². The summed E-state index contributed by atoms with van der Waals surface area (Å²) in [5, 5.41) is 9.66. The molecule has 0 unspecified atom stereocenters. The van der Waals surface area contributed by atoms with Gasteiger partial charge in [-0.05, 0) is 45.3 Å². The van der Waals surface area contributed by atoms with Crippen LogP contribution in [0, 0.1) is 11.8 Å². The maximum Gasteiger partial charge on any atom is 0.255 e. The zero-order valence-corrected chi connectivity index (χ0v) is 23.1. The van der Waals surface area contributed by atoms with Gasteiger partial charge in [0.2, 0.25) is 5.91 Å². The molecule has 3 aromatic rings. The van der Waals surface area contributed by atoms with E-state index in [0.717, 1.165) is 11.3 Å². The third kappa shape index (κ3) is 6.08. The minimum absolute atomic E-state index is 0.186. The number of para-hydroxylation sites is 1. The van der Waals surface area contributed by atoms with Crippen LogP contribution in [0.4, 0.5) is 11.4 Å². The van der Waals surface area contributed by atoms with E-state index in [9.17, 15) is 9.59 Å². The molecule has 39 heavy (non-hydrogen) atoms. The van der Waals surface area contributed by atoms with Crippen molar-refractivity contribution >= 4 is 34.8 Å². The maximum absolute atomic E-state index is 13.0. The molecule has 10 heteroatoms. The van der Waals surface area contributed by atoms with Gasteiger partial charge in [-0.1, -0.05) is 36.1 Å². The molecule has 202 valence electrons. The van der Waals surface area contributed by atoms with Crippen LogP contribution >= 0.6 is 11.6 Å². The SMILES string of the molecule is C=CC(=O)N[C@@](C)(C#Cc1cnccc1-c1[nH]c2c(c1Nc1cccc(Cl)c1OC)C(=O)NCC2)CN(C)C. The van der Waals surface area contributed by atoms with E-state index in [1.807, 2.05) is 38.1 Å². The van der Waals surface area contributed by atoms with Crippen molar-refractivity contribution in [3.05, 3.63) is 71.2 Å². The Kier molecular flexibility index (Phi) is 8.29. The van der Waals surface area contributed by atoms with Gasteiger partial charge in [-0.25, -0.2) is 0 Å². The second-order valence-electron chi connectivity index (χ2n) is 9.61. The zero-order chi connectivity index (χ0) is 28.2. The van der Waals surface area contributed by atoms with Gasteiger partial charge in [0.1, 0.15) is 5.54 Å². The number of benzene rings is 1. The van der Waals surface area contributed by atoms with Gasteiger partial charge in [-0.15, -0.1) is 0 Å². The first-order chi connectivity index (χ1) is 18.7. The van der Waals surface area contributed by atoms with Crippen molar-refractivity contribution in [2.75, 3.05) is 39.6 Å². The number of nitrogens with one attached hydrogen (secondary N) is 4. The van der Waals surface area contributed by atoms with Gasteiger partial charge in [0.25, 0.3) is 5.91 Å². The lowest BCUT2D eigenvalue weighted by Crippen LogP contribution is -2.51. The van der Waals surface area contributed by atoms with Crippen molar-refractivity contribution < 1.29 is 14.3 Å². The first kappa shape index (κ1) is 27.8. The van der Waals surface area contributed by atoms with Crippen molar-refractivity contribution in [2.45, 2.75) is 18.9 Å². The molecule has 0 saturated carbocycles. The van der Waals surface area contributed by atoms with Crippen LogP contribution in [0.25, 0.3) is 11.3 Å². The number of carbonyl (C=O) groups excluding carboxylic acids is 2. The number of methoxy groups -OCH3 is 1. The number of amides is 2. The van der Waals surface area contributed by atoms with E-state index in [1.54, 1.807) is 31.6 Å². The summed E-state index contributed by atoms with van der Waals surface area (Å²) < 4.78 is 5.53.